The Labute approximate surface area is 138 Å². The lowest BCUT2D eigenvalue weighted by molar-refractivity contribution is -0.140. The predicted octanol–water partition coefficient (Wildman–Crippen LogP) is 4.80. The monoisotopic (exact) mass is 310 g/mol. The summed E-state index contributed by atoms with van der Waals surface area (Å²) >= 11 is 0. The molecule has 1 saturated carbocycles. The van der Waals surface area contributed by atoms with Gasteiger partial charge in [-0.25, -0.2) is 0 Å². The number of benzene rings is 1. The molecule has 122 valence electrons. The minimum Gasteiger partial charge on any atom is -0.357 e. The lowest BCUT2D eigenvalue weighted by atomic mass is 9.87. The van der Waals surface area contributed by atoms with Gasteiger partial charge in [-0.1, -0.05) is 37.5 Å². The molecule has 3 heteroatoms. The second kappa shape index (κ2) is 6.38. The van der Waals surface area contributed by atoms with E-state index in [2.05, 4.69) is 40.2 Å². The van der Waals surface area contributed by atoms with Crippen LogP contribution in [0.4, 0.5) is 0 Å². The Kier molecular flexibility index (Phi) is 4.11. The molecule has 1 aliphatic heterocycles. The molecule has 1 aliphatic carbocycles. The van der Waals surface area contributed by atoms with Crippen LogP contribution in [0.2, 0.25) is 0 Å². The van der Waals surface area contributed by atoms with E-state index in [1.165, 1.54) is 42.3 Å². The molecule has 0 bridgehead atoms. The summed E-state index contributed by atoms with van der Waals surface area (Å²) in [5, 5.41) is 1.25. The molecule has 0 spiro atoms. The van der Waals surface area contributed by atoms with Crippen LogP contribution in [0.25, 0.3) is 10.9 Å². The lowest BCUT2D eigenvalue weighted by Gasteiger charge is -2.38. The van der Waals surface area contributed by atoms with Crippen LogP contribution >= 0.6 is 0 Å². The van der Waals surface area contributed by atoms with Gasteiger partial charge in [0.05, 0.1) is 6.04 Å². The number of hydrogen-bond donors (Lipinski definition) is 1. The summed E-state index contributed by atoms with van der Waals surface area (Å²) in [4.78, 5) is 18.8. The number of hydrogen-bond acceptors (Lipinski definition) is 1. The summed E-state index contributed by atoms with van der Waals surface area (Å²) < 4.78 is 0. The zero-order valence-electron chi connectivity index (χ0n) is 13.8. The van der Waals surface area contributed by atoms with Gasteiger partial charge in [0, 0.05) is 23.7 Å². The van der Waals surface area contributed by atoms with Gasteiger partial charge in [0.1, 0.15) is 0 Å². The highest BCUT2D eigenvalue weighted by molar-refractivity contribution is 5.82. The molecule has 1 N–H and O–H groups in total. The number of amides is 1. The number of nitrogens with zero attached hydrogens (tertiary/aromatic N) is 1. The van der Waals surface area contributed by atoms with Crippen molar-refractivity contribution in [2.75, 3.05) is 6.54 Å². The first-order valence-electron chi connectivity index (χ1n) is 9.21. The van der Waals surface area contributed by atoms with Crippen molar-refractivity contribution in [3.05, 3.63) is 36.0 Å². The fourth-order valence-corrected chi connectivity index (χ4v) is 4.38. The fourth-order valence-electron chi connectivity index (χ4n) is 4.38. The first kappa shape index (κ1) is 14.8. The van der Waals surface area contributed by atoms with Gasteiger partial charge in [-0.05, 0) is 49.6 Å². The Morgan fingerprint density at radius 2 is 1.78 bits per heavy atom. The molecule has 1 amide bonds. The Hall–Kier alpha value is -1.77. The summed E-state index contributed by atoms with van der Waals surface area (Å²) in [5.74, 6) is 0.682. The van der Waals surface area contributed by atoms with Crippen LogP contribution in [-0.2, 0) is 4.79 Å². The number of nitrogens with one attached hydrogen (secondary N) is 1. The minimum atomic E-state index is 0.241. The normalized spacial score (nSPS) is 23.3. The molecular weight excluding hydrogens is 284 g/mol. The molecule has 2 fully saturated rings. The second-order valence-corrected chi connectivity index (χ2v) is 7.19. The maximum atomic E-state index is 13.1. The van der Waals surface area contributed by atoms with Gasteiger partial charge in [-0.2, -0.15) is 0 Å². The van der Waals surface area contributed by atoms with E-state index in [0.29, 0.717) is 5.91 Å². The topological polar surface area (TPSA) is 36.1 Å². The van der Waals surface area contributed by atoms with Gasteiger partial charge < -0.3 is 9.88 Å². The molecule has 1 unspecified atom stereocenters. The van der Waals surface area contributed by atoms with Gasteiger partial charge in [0.15, 0.2) is 0 Å². The quantitative estimate of drug-likeness (QED) is 0.849. The van der Waals surface area contributed by atoms with E-state index in [1.54, 1.807) is 0 Å². The van der Waals surface area contributed by atoms with Gasteiger partial charge in [0.25, 0.3) is 0 Å². The minimum absolute atomic E-state index is 0.241. The first-order chi connectivity index (χ1) is 11.3. The third kappa shape index (κ3) is 2.89. The van der Waals surface area contributed by atoms with Crippen LogP contribution in [0.15, 0.2) is 30.3 Å². The maximum absolute atomic E-state index is 13.1. The average Bonchev–Trinajstić information content (AvgIpc) is 3.06. The van der Waals surface area contributed by atoms with Crippen LogP contribution in [-0.4, -0.2) is 22.3 Å². The number of fused-ring (bicyclic) bond motifs is 1. The summed E-state index contributed by atoms with van der Waals surface area (Å²) in [6.07, 6.45) is 9.39. The Bertz CT molecular complexity index is 651. The molecule has 0 radical (unpaired) electrons. The largest absolute Gasteiger partial charge is 0.357 e. The highest BCUT2D eigenvalue weighted by Crippen LogP contribution is 2.35. The number of aromatic amines is 1. The van der Waals surface area contributed by atoms with E-state index in [4.69, 9.17) is 0 Å². The van der Waals surface area contributed by atoms with Gasteiger partial charge in [-0.15, -0.1) is 0 Å². The van der Waals surface area contributed by atoms with E-state index < -0.39 is 0 Å². The van der Waals surface area contributed by atoms with Crippen molar-refractivity contribution >= 4 is 16.8 Å². The number of carbonyl (C=O) groups is 1. The number of rotatable bonds is 2. The third-order valence-electron chi connectivity index (χ3n) is 5.65. The van der Waals surface area contributed by atoms with Gasteiger partial charge in [0.2, 0.25) is 5.91 Å². The van der Waals surface area contributed by atoms with Crippen LogP contribution in [0.3, 0.4) is 0 Å². The van der Waals surface area contributed by atoms with E-state index in [0.717, 1.165) is 32.2 Å². The molecule has 1 atom stereocenters. The molecule has 23 heavy (non-hydrogen) atoms. The van der Waals surface area contributed by atoms with Crippen molar-refractivity contribution in [2.24, 2.45) is 5.92 Å². The SMILES string of the molecule is O=C(C1CCCCC1)N1CCCCC1c1cc2ccccc2[nH]1. The number of likely N-dealkylation sites (tertiary alicyclic amines) is 1. The molecule has 1 saturated heterocycles. The van der Waals surface area contributed by atoms with Crippen LogP contribution in [0.1, 0.15) is 63.1 Å². The van der Waals surface area contributed by atoms with Crippen LogP contribution in [0, 0.1) is 5.92 Å². The van der Waals surface area contributed by atoms with Gasteiger partial charge >= 0.3 is 0 Å². The van der Waals surface area contributed by atoms with E-state index >= 15 is 0 Å². The Morgan fingerprint density at radius 3 is 2.61 bits per heavy atom. The second-order valence-electron chi connectivity index (χ2n) is 7.19. The number of para-hydroxylation sites is 1. The van der Waals surface area contributed by atoms with Crippen molar-refractivity contribution < 1.29 is 4.79 Å². The van der Waals surface area contributed by atoms with Crippen molar-refractivity contribution in [1.82, 2.24) is 9.88 Å². The van der Waals surface area contributed by atoms with E-state index in [1.807, 2.05) is 0 Å². The summed E-state index contributed by atoms with van der Waals surface area (Å²) in [6.45, 7) is 0.926. The zero-order chi connectivity index (χ0) is 15.6. The Morgan fingerprint density at radius 1 is 1.00 bits per heavy atom. The summed E-state index contributed by atoms with van der Waals surface area (Å²) in [7, 11) is 0. The molecule has 2 aromatic rings. The van der Waals surface area contributed by atoms with E-state index in [-0.39, 0.29) is 12.0 Å². The van der Waals surface area contributed by atoms with Crippen LogP contribution < -0.4 is 0 Å². The molecular formula is C20H26N2O. The highest BCUT2D eigenvalue weighted by atomic mass is 16.2. The number of carbonyl (C=O) groups excluding carboxylic acids is 1. The maximum Gasteiger partial charge on any atom is 0.226 e. The standard InChI is InChI=1S/C20H26N2O/c23-20(15-8-2-1-3-9-15)22-13-7-6-12-19(22)18-14-16-10-4-5-11-17(16)21-18/h4-5,10-11,14-15,19,21H,1-3,6-9,12-13H2. The average molecular weight is 310 g/mol. The van der Waals surface area contributed by atoms with Gasteiger partial charge in [-0.3, -0.25) is 4.79 Å². The van der Waals surface area contributed by atoms with E-state index in [9.17, 15) is 4.79 Å². The summed E-state index contributed by atoms with van der Waals surface area (Å²) in [6, 6.07) is 10.9. The van der Waals surface area contributed by atoms with Crippen molar-refractivity contribution in [2.45, 2.75) is 57.4 Å². The van der Waals surface area contributed by atoms with Crippen molar-refractivity contribution in [1.29, 1.82) is 0 Å². The van der Waals surface area contributed by atoms with Crippen molar-refractivity contribution in [3.8, 4) is 0 Å². The predicted molar refractivity (Wildman–Crippen MR) is 93.2 cm³/mol. The molecule has 2 heterocycles. The number of aromatic nitrogens is 1. The van der Waals surface area contributed by atoms with Crippen molar-refractivity contribution in [3.63, 3.8) is 0 Å². The lowest BCUT2D eigenvalue weighted by Crippen LogP contribution is -2.42. The number of piperidine rings is 1. The Balaban J connectivity index is 1.60. The third-order valence-corrected chi connectivity index (χ3v) is 5.65. The molecule has 1 aromatic heterocycles. The summed E-state index contributed by atoms with van der Waals surface area (Å²) in [5.41, 5.74) is 2.40. The molecule has 1 aromatic carbocycles. The highest BCUT2D eigenvalue weighted by Gasteiger charge is 2.33. The molecule has 2 aliphatic rings. The zero-order valence-corrected chi connectivity index (χ0v) is 13.8. The number of H-pyrrole nitrogens is 1. The smallest absolute Gasteiger partial charge is 0.226 e. The molecule has 4 rings (SSSR count). The van der Waals surface area contributed by atoms with Crippen LogP contribution in [0.5, 0.6) is 0 Å². The molecule has 3 nitrogen and oxygen atoms in total. The first-order valence-corrected chi connectivity index (χ1v) is 9.21. The fraction of sp³-hybridized carbons (Fsp3) is 0.550.